The lowest BCUT2D eigenvalue weighted by Crippen LogP contribution is -2.05. The van der Waals surface area contributed by atoms with Crippen molar-refractivity contribution in [3.63, 3.8) is 0 Å². The summed E-state index contributed by atoms with van der Waals surface area (Å²) in [6.07, 6.45) is 0. The Hall–Kier alpha value is -1.76. The number of nitrogens with one attached hydrogen (secondary N) is 2. The van der Waals surface area contributed by atoms with E-state index in [1.54, 1.807) is 0 Å². The van der Waals surface area contributed by atoms with E-state index in [-0.39, 0.29) is 16.3 Å². The molecule has 2 rings (SSSR count). The summed E-state index contributed by atoms with van der Waals surface area (Å²) in [5.74, 6) is 0.251. The van der Waals surface area contributed by atoms with Gasteiger partial charge in [0.2, 0.25) is 0 Å². The van der Waals surface area contributed by atoms with Gasteiger partial charge in [-0.3, -0.25) is 4.79 Å². The Labute approximate surface area is 76.6 Å². The van der Waals surface area contributed by atoms with Crippen molar-refractivity contribution in [3.05, 3.63) is 27.3 Å². The van der Waals surface area contributed by atoms with Gasteiger partial charge in [0.1, 0.15) is 5.69 Å². The van der Waals surface area contributed by atoms with E-state index in [2.05, 4.69) is 32.6 Å². The van der Waals surface area contributed by atoms with Crippen LogP contribution in [-0.2, 0) is 0 Å². The minimum atomic E-state index is -0.280. The Kier molecular flexibility index (Phi) is 1.78. The lowest BCUT2D eigenvalue weighted by Gasteiger charge is -1.88. The fourth-order valence-electron chi connectivity index (χ4n) is 0.803. The van der Waals surface area contributed by atoms with E-state index in [1.165, 1.54) is 12.1 Å². The zero-order valence-electron chi connectivity index (χ0n) is 6.27. The number of rotatable bonds is 1. The molecule has 0 aliphatic carbocycles. The van der Waals surface area contributed by atoms with Crippen molar-refractivity contribution in [3.8, 4) is 11.6 Å². The van der Waals surface area contributed by atoms with Crippen LogP contribution in [0.5, 0.6) is 0 Å². The predicted molar refractivity (Wildman–Crippen MR) is 45.5 cm³/mol. The minimum absolute atomic E-state index is 0.169. The Morgan fingerprint density at radius 3 is 2.69 bits per heavy atom. The van der Waals surface area contributed by atoms with Gasteiger partial charge in [0.15, 0.2) is 0 Å². The van der Waals surface area contributed by atoms with Gasteiger partial charge in [-0.25, -0.2) is 10.2 Å². The summed E-state index contributed by atoms with van der Waals surface area (Å²) >= 11 is 4.67. The normalized spacial score (nSPS) is 10.2. The highest BCUT2D eigenvalue weighted by molar-refractivity contribution is 7.71. The highest BCUT2D eigenvalue weighted by Crippen LogP contribution is 2.09. The van der Waals surface area contributed by atoms with E-state index < -0.39 is 0 Å². The van der Waals surface area contributed by atoms with Gasteiger partial charge in [0, 0.05) is 6.07 Å². The van der Waals surface area contributed by atoms with E-state index in [0.717, 1.165) is 0 Å². The SMILES string of the molecule is O=c1ccc(-c2n[nH]c(=S)o2)n[nH]1. The molecule has 0 amide bonds. The number of aromatic nitrogens is 4. The van der Waals surface area contributed by atoms with Crippen LogP contribution in [-0.4, -0.2) is 20.4 Å². The van der Waals surface area contributed by atoms with Crippen molar-refractivity contribution < 1.29 is 4.42 Å². The molecule has 0 radical (unpaired) electrons. The van der Waals surface area contributed by atoms with E-state index >= 15 is 0 Å². The van der Waals surface area contributed by atoms with Crippen LogP contribution in [0, 0.1) is 4.84 Å². The van der Waals surface area contributed by atoms with Crippen LogP contribution in [0.2, 0.25) is 0 Å². The van der Waals surface area contributed by atoms with Crippen LogP contribution < -0.4 is 5.56 Å². The maximum absolute atomic E-state index is 10.7. The zero-order chi connectivity index (χ0) is 9.26. The van der Waals surface area contributed by atoms with Gasteiger partial charge in [0.05, 0.1) is 0 Å². The molecule has 0 spiro atoms. The van der Waals surface area contributed by atoms with Crippen molar-refractivity contribution in [2.24, 2.45) is 0 Å². The lowest BCUT2D eigenvalue weighted by molar-refractivity contribution is 0.548. The highest BCUT2D eigenvalue weighted by atomic mass is 32.1. The van der Waals surface area contributed by atoms with Gasteiger partial charge in [-0.15, -0.1) is 5.10 Å². The Morgan fingerprint density at radius 1 is 1.31 bits per heavy atom. The van der Waals surface area contributed by atoms with Crippen molar-refractivity contribution in [2.45, 2.75) is 0 Å². The van der Waals surface area contributed by atoms with Crippen LogP contribution in [0.1, 0.15) is 0 Å². The van der Waals surface area contributed by atoms with E-state index in [9.17, 15) is 4.79 Å². The maximum atomic E-state index is 10.7. The van der Waals surface area contributed by atoms with Gasteiger partial charge in [-0.05, 0) is 18.3 Å². The fraction of sp³-hybridized carbons (Fsp3) is 0. The van der Waals surface area contributed by atoms with Crippen molar-refractivity contribution in [1.29, 1.82) is 0 Å². The maximum Gasteiger partial charge on any atom is 0.284 e. The van der Waals surface area contributed by atoms with Crippen LogP contribution in [0.15, 0.2) is 21.3 Å². The molecule has 0 saturated heterocycles. The van der Waals surface area contributed by atoms with Crippen LogP contribution in [0.25, 0.3) is 11.6 Å². The smallest absolute Gasteiger partial charge is 0.284 e. The standard InChI is InChI=1S/C6H4N4O2S/c11-4-2-1-3(7-8-4)5-9-10-6(13)12-5/h1-2H,(H,8,11)(H,10,13). The number of H-pyrrole nitrogens is 2. The van der Waals surface area contributed by atoms with Crippen molar-refractivity contribution in [1.82, 2.24) is 20.4 Å². The number of hydrogen-bond donors (Lipinski definition) is 2. The molecule has 2 heterocycles. The largest absolute Gasteiger partial charge is 0.408 e. The minimum Gasteiger partial charge on any atom is -0.408 e. The summed E-state index contributed by atoms with van der Waals surface area (Å²) < 4.78 is 4.97. The summed E-state index contributed by atoms with van der Waals surface area (Å²) in [5, 5.41) is 12.1. The lowest BCUT2D eigenvalue weighted by atomic mass is 10.4. The van der Waals surface area contributed by atoms with Gasteiger partial charge >= 0.3 is 0 Å². The summed E-state index contributed by atoms with van der Waals surface area (Å²) in [6.45, 7) is 0. The first-order chi connectivity index (χ1) is 6.25. The molecule has 0 atom stereocenters. The third kappa shape index (κ3) is 1.54. The van der Waals surface area contributed by atoms with Gasteiger partial charge in [-0.2, -0.15) is 5.10 Å². The molecule has 0 aliphatic heterocycles. The zero-order valence-corrected chi connectivity index (χ0v) is 7.09. The summed E-state index contributed by atoms with van der Waals surface area (Å²) in [5.41, 5.74) is 0.143. The molecule has 0 aliphatic rings. The van der Waals surface area contributed by atoms with Gasteiger partial charge < -0.3 is 4.42 Å². The average molecular weight is 196 g/mol. The number of hydrogen-bond acceptors (Lipinski definition) is 5. The Bertz CT molecular complexity index is 505. The predicted octanol–water partition coefficient (Wildman–Crippen LogP) is 0.482. The number of aromatic amines is 2. The molecular formula is C6H4N4O2S. The Morgan fingerprint density at radius 2 is 2.15 bits per heavy atom. The second-order valence-electron chi connectivity index (χ2n) is 2.22. The molecule has 0 aromatic carbocycles. The Balaban J connectivity index is 2.53. The third-order valence-electron chi connectivity index (χ3n) is 1.34. The topological polar surface area (TPSA) is 87.6 Å². The number of nitrogens with zero attached hydrogens (tertiary/aromatic N) is 2. The molecule has 0 fully saturated rings. The monoisotopic (exact) mass is 196 g/mol. The molecule has 7 heteroatoms. The second kappa shape index (κ2) is 2.94. The molecule has 13 heavy (non-hydrogen) atoms. The van der Waals surface area contributed by atoms with Crippen LogP contribution >= 0.6 is 12.2 Å². The highest BCUT2D eigenvalue weighted by Gasteiger charge is 2.04. The molecule has 2 aromatic rings. The van der Waals surface area contributed by atoms with E-state index in [0.29, 0.717) is 5.69 Å². The van der Waals surface area contributed by atoms with Gasteiger partial charge in [-0.1, -0.05) is 0 Å². The summed E-state index contributed by atoms with van der Waals surface area (Å²) in [6, 6.07) is 2.82. The van der Waals surface area contributed by atoms with E-state index in [1.807, 2.05) is 0 Å². The van der Waals surface area contributed by atoms with Crippen molar-refractivity contribution >= 4 is 12.2 Å². The molecule has 6 nitrogen and oxygen atoms in total. The van der Waals surface area contributed by atoms with Gasteiger partial charge in [0.25, 0.3) is 16.3 Å². The molecule has 0 bridgehead atoms. The quantitative estimate of drug-likeness (QED) is 0.648. The average Bonchev–Trinajstić information content (AvgIpc) is 2.53. The molecule has 2 N–H and O–H groups in total. The van der Waals surface area contributed by atoms with Crippen molar-refractivity contribution in [2.75, 3.05) is 0 Å². The second-order valence-corrected chi connectivity index (χ2v) is 2.60. The molecular weight excluding hydrogens is 192 g/mol. The van der Waals surface area contributed by atoms with Crippen LogP contribution in [0.4, 0.5) is 0 Å². The first-order valence-corrected chi connectivity index (χ1v) is 3.78. The molecule has 66 valence electrons. The molecule has 0 saturated carbocycles. The fourth-order valence-corrected chi connectivity index (χ4v) is 0.928. The summed E-state index contributed by atoms with van der Waals surface area (Å²) in [7, 11) is 0. The molecule has 2 aromatic heterocycles. The van der Waals surface area contributed by atoms with E-state index in [4.69, 9.17) is 4.42 Å². The molecule has 0 unspecified atom stereocenters. The first-order valence-electron chi connectivity index (χ1n) is 3.37. The third-order valence-corrected chi connectivity index (χ3v) is 1.51. The summed E-state index contributed by atoms with van der Waals surface area (Å²) in [4.78, 5) is 10.8. The first kappa shape index (κ1) is 7.87. The van der Waals surface area contributed by atoms with Crippen LogP contribution in [0.3, 0.4) is 0 Å².